The second-order valence-corrected chi connectivity index (χ2v) is 5.33. The Morgan fingerprint density at radius 1 is 1.65 bits per heavy atom. The van der Waals surface area contributed by atoms with E-state index in [0.29, 0.717) is 11.6 Å². The zero-order valence-corrected chi connectivity index (χ0v) is 11.7. The molecule has 1 heterocycles. The van der Waals surface area contributed by atoms with Gasteiger partial charge in [0.15, 0.2) is 0 Å². The van der Waals surface area contributed by atoms with Gasteiger partial charge in [0.2, 0.25) is 0 Å². The Balaban J connectivity index is 2.09. The number of nitrogens with zero attached hydrogens (tertiary/aromatic N) is 2. The van der Waals surface area contributed by atoms with E-state index in [0.717, 1.165) is 36.8 Å². The SMILES string of the molecule is Cc1[nH]ncc1C(=O)N(CCCBr)C1CCC1. The average molecular weight is 300 g/mol. The van der Waals surface area contributed by atoms with Gasteiger partial charge in [-0.15, -0.1) is 0 Å². The molecule has 1 aromatic rings. The van der Waals surface area contributed by atoms with Crippen molar-refractivity contribution in [1.82, 2.24) is 15.1 Å². The second kappa shape index (κ2) is 5.67. The van der Waals surface area contributed by atoms with Crippen LogP contribution >= 0.6 is 15.9 Å². The summed E-state index contributed by atoms with van der Waals surface area (Å²) in [5.74, 6) is 0.127. The van der Waals surface area contributed by atoms with Gasteiger partial charge in [-0.25, -0.2) is 0 Å². The predicted octanol–water partition coefficient (Wildman–Crippen LogP) is 2.50. The molecular weight excluding hydrogens is 282 g/mol. The van der Waals surface area contributed by atoms with Gasteiger partial charge in [-0.2, -0.15) is 5.10 Å². The van der Waals surface area contributed by atoms with Gasteiger partial charge in [0, 0.05) is 23.6 Å². The van der Waals surface area contributed by atoms with Crippen LogP contribution in [0.4, 0.5) is 0 Å². The smallest absolute Gasteiger partial charge is 0.257 e. The normalized spacial score (nSPS) is 15.6. The van der Waals surface area contributed by atoms with Crippen molar-refractivity contribution in [3.05, 3.63) is 17.5 Å². The third-order valence-electron chi connectivity index (χ3n) is 3.37. The molecule has 1 aromatic heterocycles. The number of nitrogens with one attached hydrogen (secondary N) is 1. The summed E-state index contributed by atoms with van der Waals surface area (Å²) in [6, 6.07) is 0.441. The standard InChI is InChI=1S/C12H18BrN3O/c1-9-11(8-14-15-9)12(17)16(7-3-6-13)10-4-2-5-10/h8,10H,2-7H2,1H3,(H,14,15). The quantitative estimate of drug-likeness (QED) is 0.849. The van der Waals surface area contributed by atoms with Crippen molar-refractivity contribution in [3.63, 3.8) is 0 Å². The molecule has 0 saturated heterocycles. The zero-order chi connectivity index (χ0) is 12.3. The van der Waals surface area contributed by atoms with Crippen LogP contribution in [0.5, 0.6) is 0 Å². The van der Waals surface area contributed by atoms with Crippen molar-refractivity contribution >= 4 is 21.8 Å². The summed E-state index contributed by atoms with van der Waals surface area (Å²) in [5, 5.41) is 7.69. The number of aromatic nitrogens is 2. The number of alkyl halides is 1. The fraction of sp³-hybridized carbons (Fsp3) is 0.667. The molecule has 1 fully saturated rings. The summed E-state index contributed by atoms with van der Waals surface area (Å²) >= 11 is 3.42. The second-order valence-electron chi connectivity index (χ2n) is 4.53. The molecule has 1 aliphatic rings. The summed E-state index contributed by atoms with van der Waals surface area (Å²) in [6.07, 6.45) is 6.17. The van der Waals surface area contributed by atoms with E-state index in [1.165, 1.54) is 6.42 Å². The summed E-state index contributed by atoms with van der Waals surface area (Å²) in [5.41, 5.74) is 1.57. The maximum atomic E-state index is 12.4. The van der Waals surface area contributed by atoms with E-state index in [1.807, 2.05) is 11.8 Å². The van der Waals surface area contributed by atoms with Crippen LogP contribution in [-0.4, -0.2) is 38.9 Å². The van der Waals surface area contributed by atoms with Crippen molar-refractivity contribution in [2.75, 3.05) is 11.9 Å². The Morgan fingerprint density at radius 2 is 2.41 bits per heavy atom. The number of carbonyl (C=O) groups excluding carboxylic acids is 1. The number of aromatic amines is 1. The molecule has 1 saturated carbocycles. The minimum Gasteiger partial charge on any atom is -0.336 e. The number of H-pyrrole nitrogens is 1. The zero-order valence-electron chi connectivity index (χ0n) is 10.1. The third-order valence-corrected chi connectivity index (χ3v) is 3.93. The van der Waals surface area contributed by atoms with Crippen LogP contribution in [0.2, 0.25) is 0 Å². The van der Waals surface area contributed by atoms with Gasteiger partial charge >= 0.3 is 0 Å². The number of hydrogen-bond acceptors (Lipinski definition) is 2. The Kier molecular flexibility index (Phi) is 4.20. The summed E-state index contributed by atoms with van der Waals surface area (Å²) in [6.45, 7) is 2.73. The van der Waals surface area contributed by atoms with Gasteiger partial charge in [0.25, 0.3) is 5.91 Å². The van der Waals surface area contributed by atoms with Crippen molar-refractivity contribution in [2.24, 2.45) is 0 Å². The molecule has 17 heavy (non-hydrogen) atoms. The number of carbonyl (C=O) groups is 1. The predicted molar refractivity (Wildman–Crippen MR) is 70.4 cm³/mol. The van der Waals surface area contributed by atoms with Crippen LogP contribution in [0.1, 0.15) is 41.7 Å². The van der Waals surface area contributed by atoms with Crippen molar-refractivity contribution in [3.8, 4) is 0 Å². The van der Waals surface area contributed by atoms with Gasteiger partial charge in [0.1, 0.15) is 0 Å². The Labute approximate surface area is 110 Å². The molecule has 1 N–H and O–H groups in total. The summed E-state index contributed by atoms with van der Waals surface area (Å²) < 4.78 is 0. The molecule has 94 valence electrons. The van der Waals surface area contributed by atoms with Gasteiger partial charge in [-0.1, -0.05) is 15.9 Å². The summed E-state index contributed by atoms with van der Waals surface area (Å²) in [4.78, 5) is 14.4. The minimum absolute atomic E-state index is 0.127. The Bertz CT molecular complexity index is 387. The number of rotatable bonds is 5. The van der Waals surface area contributed by atoms with E-state index in [9.17, 15) is 4.79 Å². The van der Waals surface area contributed by atoms with E-state index < -0.39 is 0 Å². The lowest BCUT2D eigenvalue weighted by atomic mass is 9.91. The van der Waals surface area contributed by atoms with Crippen LogP contribution in [0.25, 0.3) is 0 Å². The van der Waals surface area contributed by atoms with Crippen LogP contribution in [0, 0.1) is 6.92 Å². The molecule has 5 heteroatoms. The van der Waals surface area contributed by atoms with Crippen molar-refractivity contribution in [2.45, 2.75) is 38.6 Å². The lowest BCUT2D eigenvalue weighted by molar-refractivity contribution is 0.0580. The molecule has 0 aromatic carbocycles. The molecule has 0 atom stereocenters. The highest BCUT2D eigenvalue weighted by Crippen LogP contribution is 2.26. The molecule has 0 aliphatic heterocycles. The summed E-state index contributed by atoms with van der Waals surface area (Å²) in [7, 11) is 0. The molecule has 4 nitrogen and oxygen atoms in total. The third kappa shape index (κ3) is 2.70. The minimum atomic E-state index is 0.127. The Hall–Kier alpha value is -0.840. The van der Waals surface area contributed by atoms with E-state index in [1.54, 1.807) is 6.20 Å². The molecule has 1 aliphatic carbocycles. The number of aryl methyl sites for hydroxylation is 1. The van der Waals surface area contributed by atoms with Crippen LogP contribution < -0.4 is 0 Å². The van der Waals surface area contributed by atoms with Crippen LogP contribution in [0.15, 0.2) is 6.20 Å². The molecule has 0 bridgehead atoms. The monoisotopic (exact) mass is 299 g/mol. The molecule has 0 unspecified atom stereocenters. The van der Waals surface area contributed by atoms with Gasteiger partial charge in [-0.05, 0) is 32.6 Å². The highest BCUT2D eigenvalue weighted by Gasteiger charge is 2.29. The fourth-order valence-corrected chi connectivity index (χ4v) is 2.35. The first kappa shape index (κ1) is 12.6. The first-order chi connectivity index (χ1) is 8.24. The molecule has 1 amide bonds. The topological polar surface area (TPSA) is 49.0 Å². The van der Waals surface area contributed by atoms with Gasteiger partial charge < -0.3 is 4.90 Å². The van der Waals surface area contributed by atoms with Gasteiger partial charge in [0.05, 0.1) is 11.8 Å². The van der Waals surface area contributed by atoms with E-state index in [4.69, 9.17) is 0 Å². The molecule has 2 rings (SSSR count). The lowest BCUT2D eigenvalue weighted by Crippen LogP contribution is -2.45. The van der Waals surface area contributed by atoms with E-state index in [-0.39, 0.29) is 5.91 Å². The van der Waals surface area contributed by atoms with Crippen molar-refractivity contribution in [1.29, 1.82) is 0 Å². The number of hydrogen-bond donors (Lipinski definition) is 1. The lowest BCUT2D eigenvalue weighted by Gasteiger charge is -2.37. The molecular formula is C12H18BrN3O. The van der Waals surface area contributed by atoms with Crippen LogP contribution in [0.3, 0.4) is 0 Å². The largest absolute Gasteiger partial charge is 0.336 e. The van der Waals surface area contributed by atoms with E-state index in [2.05, 4.69) is 26.1 Å². The molecule has 0 radical (unpaired) electrons. The first-order valence-electron chi connectivity index (χ1n) is 6.11. The average Bonchev–Trinajstić information content (AvgIpc) is 2.67. The van der Waals surface area contributed by atoms with Crippen LogP contribution in [-0.2, 0) is 0 Å². The van der Waals surface area contributed by atoms with Crippen molar-refractivity contribution < 1.29 is 4.79 Å². The van der Waals surface area contributed by atoms with E-state index >= 15 is 0 Å². The van der Waals surface area contributed by atoms with Gasteiger partial charge in [-0.3, -0.25) is 9.89 Å². The fourth-order valence-electron chi connectivity index (χ4n) is 2.10. The number of halogens is 1. The highest BCUT2D eigenvalue weighted by molar-refractivity contribution is 9.09. The highest BCUT2D eigenvalue weighted by atomic mass is 79.9. The Morgan fingerprint density at radius 3 is 2.88 bits per heavy atom. The molecule has 0 spiro atoms. The number of amides is 1. The maximum Gasteiger partial charge on any atom is 0.257 e. The first-order valence-corrected chi connectivity index (χ1v) is 7.23. The maximum absolute atomic E-state index is 12.4.